The first kappa shape index (κ1) is 14.5. The van der Waals surface area contributed by atoms with Crippen molar-refractivity contribution in [1.29, 1.82) is 0 Å². The second-order valence-corrected chi connectivity index (χ2v) is 4.86. The summed E-state index contributed by atoms with van der Waals surface area (Å²) in [7, 11) is 1.75. The topological polar surface area (TPSA) is 119 Å². The Bertz CT molecular complexity index is 931. The number of anilines is 2. The molecule has 0 saturated carbocycles. The van der Waals surface area contributed by atoms with Crippen molar-refractivity contribution in [3.63, 3.8) is 0 Å². The van der Waals surface area contributed by atoms with Crippen LogP contribution in [0, 0.1) is 0 Å². The van der Waals surface area contributed by atoms with E-state index in [1.807, 2.05) is 0 Å². The van der Waals surface area contributed by atoms with Gasteiger partial charge in [-0.05, 0) is 24.3 Å². The van der Waals surface area contributed by atoms with Crippen molar-refractivity contribution in [3.05, 3.63) is 37.2 Å². The van der Waals surface area contributed by atoms with Crippen LogP contribution < -0.4 is 11.1 Å². The molecule has 0 bridgehead atoms. The lowest BCUT2D eigenvalue weighted by Gasteiger charge is -2.07. The number of carbonyl (C=O) groups is 1. The van der Waals surface area contributed by atoms with E-state index in [0.717, 1.165) is 6.08 Å². The molecule has 23 heavy (non-hydrogen) atoms. The highest BCUT2D eigenvalue weighted by Crippen LogP contribution is 2.34. The Balaban J connectivity index is 2.18. The molecule has 3 aromatic rings. The summed E-state index contributed by atoms with van der Waals surface area (Å²) < 4.78 is 1.59. The van der Waals surface area contributed by atoms with Crippen LogP contribution in [0.25, 0.3) is 22.3 Å². The van der Waals surface area contributed by atoms with Gasteiger partial charge in [0.15, 0.2) is 5.65 Å². The molecule has 116 valence electrons. The number of aromatic nitrogens is 4. The van der Waals surface area contributed by atoms with Crippen molar-refractivity contribution >= 4 is 28.4 Å². The van der Waals surface area contributed by atoms with Gasteiger partial charge < -0.3 is 16.2 Å². The molecule has 0 spiro atoms. The Morgan fingerprint density at radius 1 is 1.43 bits per heavy atom. The highest BCUT2D eigenvalue weighted by molar-refractivity contribution is 6.02. The molecule has 2 heterocycles. The van der Waals surface area contributed by atoms with E-state index in [0.29, 0.717) is 28.1 Å². The van der Waals surface area contributed by atoms with Gasteiger partial charge in [-0.25, -0.2) is 14.6 Å². The molecule has 0 radical (unpaired) electrons. The van der Waals surface area contributed by atoms with Crippen LogP contribution in [0.2, 0.25) is 0 Å². The molecule has 0 atom stereocenters. The van der Waals surface area contributed by atoms with E-state index >= 15 is 0 Å². The molecule has 2 aromatic heterocycles. The van der Waals surface area contributed by atoms with Gasteiger partial charge in [0, 0.05) is 12.6 Å². The standard InChI is InChI=1S/C15H14N6O2/c1-3-11(23)19-9-6-8(4-5-10(9)22)13-12-14(16)17-7-18-15(12)21(2)20-13/h3-7,22H,1H2,2H3,(H,19,23)(H2,16,17,18). The first-order valence-corrected chi connectivity index (χ1v) is 6.71. The molecule has 8 nitrogen and oxygen atoms in total. The van der Waals surface area contributed by atoms with Gasteiger partial charge in [-0.2, -0.15) is 5.10 Å². The quantitative estimate of drug-likeness (QED) is 0.497. The fourth-order valence-corrected chi connectivity index (χ4v) is 2.28. The van der Waals surface area contributed by atoms with Crippen LogP contribution in [0.15, 0.2) is 37.2 Å². The minimum absolute atomic E-state index is 0.0617. The average Bonchev–Trinajstić information content (AvgIpc) is 2.88. The lowest BCUT2D eigenvalue weighted by Crippen LogP contribution is -2.07. The van der Waals surface area contributed by atoms with E-state index in [4.69, 9.17) is 5.73 Å². The van der Waals surface area contributed by atoms with Gasteiger partial charge >= 0.3 is 0 Å². The van der Waals surface area contributed by atoms with E-state index in [-0.39, 0.29) is 11.4 Å². The third-order valence-electron chi connectivity index (χ3n) is 3.36. The van der Waals surface area contributed by atoms with Crippen LogP contribution in [-0.2, 0) is 11.8 Å². The molecule has 0 aliphatic rings. The molecule has 0 saturated heterocycles. The van der Waals surface area contributed by atoms with Crippen LogP contribution in [0.1, 0.15) is 0 Å². The summed E-state index contributed by atoms with van der Waals surface area (Å²) in [4.78, 5) is 19.6. The number of hydrogen-bond acceptors (Lipinski definition) is 6. The van der Waals surface area contributed by atoms with Crippen LogP contribution >= 0.6 is 0 Å². The van der Waals surface area contributed by atoms with E-state index in [1.54, 1.807) is 23.9 Å². The second kappa shape index (κ2) is 5.41. The molecular formula is C15H14N6O2. The van der Waals surface area contributed by atoms with Gasteiger partial charge in [0.25, 0.3) is 0 Å². The van der Waals surface area contributed by atoms with E-state index in [9.17, 15) is 9.90 Å². The van der Waals surface area contributed by atoms with Crippen molar-refractivity contribution in [1.82, 2.24) is 19.7 Å². The molecule has 3 rings (SSSR count). The van der Waals surface area contributed by atoms with Gasteiger partial charge in [-0.3, -0.25) is 4.79 Å². The lowest BCUT2D eigenvalue weighted by molar-refractivity contribution is -0.111. The van der Waals surface area contributed by atoms with E-state index < -0.39 is 5.91 Å². The molecule has 0 unspecified atom stereocenters. The number of nitrogen functional groups attached to an aromatic ring is 1. The molecule has 4 N–H and O–H groups in total. The third-order valence-corrected chi connectivity index (χ3v) is 3.36. The Morgan fingerprint density at radius 3 is 2.96 bits per heavy atom. The number of benzene rings is 1. The second-order valence-electron chi connectivity index (χ2n) is 4.86. The summed E-state index contributed by atoms with van der Waals surface area (Å²) >= 11 is 0. The largest absolute Gasteiger partial charge is 0.506 e. The monoisotopic (exact) mass is 310 g/mol. The maximum atomic E-state index is 11.5. The van der Waals surface area contributed by atoms with Gasteiger partial charge in [-0.15, -0.1) is 0 Å². The number of fused-ring (bicyclic) bond motifs is 1. The number of phenolic OH excluding ortho intramolecular Hbond substituents is 1. The summed E-state index contributed by atoms with van der Waals surface area (Å²) in [5, 5.41) is 17.4. The molecule has 1 aromatic carbocycles. The number of hydrogen-bond donors (Lipinski definition) is 3. The van der Waals surface area contributed by atoms with Crippen molar-refractivity contribution in [2.24, 2.45) is 7.05 Å². The van der Waals surface area contributed by atoms with Crippen LogP contribution in [0.4, 0.5) is 11.5 Å². The predicted octanol–water partition coefficient (Wildman–Crippen LogP) is 1.44. The summed E-state index contributed by atoms with van der Waals surface area (Å²) in [5.74, 6) is -0.178. The molecule has 0 aliphatic carbocycles. The zero-order chi connectivity index (χ0) is 16.6. The minimum Gasteiger partial charge on any atom is -0.506 e. The number of aryl methyl sites for hydroxylation is 1. The maximum absolute atomic E-state index is 11.5. The first-order chi connectivity index (χ1) is 11.0. The predicted molar refractivity (Wildman–Crippen MR) is 86.6 cm³/mol. The molecular weight excluding hydrogens is 296 g/mol. The van der Waals surface area contributed by atoms with E-state index in [2.05, 4.69) is 27.0 Å². The zero-order valence-electron chi connectivity index (χ0n) is 12.3. The van der Waals surface area contributed by atoms with Crippen LogP contribution in [0.3, 0.4) is 0 Å². The van der Waals surface area contributed by atoms with Crippen molar-refractivity contribution in [3.8, 4) is 17.0 Å². The molecule has 1 amide bonds. The van der Waals surface area contributed by atoms with Gasteiger partial charge in [0.05, 0.1) is 11.1 Å². The number of nitrogens with one attached hydrogen (secondary N) is 1. The molecule has 0 fully saturated rings. The number of carbonyl (C=O) groups excluding carboxylic acids is 1. The number of phenols is 1. The highest BCUT2D eigenvalue weighted by atomic mass is 16.3. The third kappa shape index (κ3) is 2.46. The minimum atomic E-state index is -0.425. The maximum Gasteiger partial charge on any atom is 0.247 e. The van der Waals surface area contributed by atoms with Gasteiger partial charge in [-0.1, -0.05) is 6.58 Å². The van der Waals surface area contributed by atoms with Gasteiger partial charge in [0.1, 0.15) is 23.6 Å². The number of aromatic hydroxyl groups is 1. The average molecular weight is 310 g/mol. The molecule has 0 aliphatic heterocycles. The van der Waals surface area contributed by atoms with Crippen molar-refractivity contribution < 1.29 is 9.90 Å². The number of nitrogens with zero attached hydrogens (tertiary/aromatic N) is 4. The number of rotatable bonds is 3. The van der Waals surface area contributed by atoms with E-state index in [1.165, 1.54) is 12.4 Å². The summed E-state index contributed by atoms with van der Waals surface area (Å²) in [5.41, 5.74) is 8.01. The van der Waals surface area contributed by atoms with Crippen molar-refractivity contribution in [2.45, 2.75) is 0 Å². The summed E-state index contributed by atoms with van der Waals surface area (Å²) in [6.07, 6.45) is 2.49. The fourth-order valence-electron chi connectivity index (χ4n) is 2.28. The van der Waals surface area contributed by atoms with Gasteiger partial charge in [0.2, 0.25) is 5.91 Å². The smallest absolute Gasteiger partial charge is 0.247 e. The highest BCUT2D eigenvalue weighted by Gasteiger charge is 2.16. The van der Waals surface area contributed by atoms with Crippen molar-refractivity contribution in [2.75, 3.05) is 11.1 Å². The SMILES string of the molecule is C=CC(=O)Nc1cc(-c2nn(C)c3ncnc(N)c23)ccc1O. The Morgan fingerprint density at radius 2 is 2.22 bits per heavy atom. The fraction of sp³-hybridized carbons (Fsp3) is 0.0667. The Hall–Kier alpha value is -3.42. The first-order valence-electron chi connectivity index (χ1n) is 6.71. The number of amides is 1. The summed E-state index contributed by atoms with van der Waals surface area (Å²) in [6, 6.07) is 4.74. The Labute approximate surface area is 131 Å². The van der Waals surface area contributed by atoms with Crippen LogP contribution in [-0.4, -0.2) is 30.8 Å². The normalized spacial score (nSPS) is 10.7. The molecule has 8 heteroatoms. The number of nitrogens with two attached hydrogens (primary N) is 1. The lowest BCUT2D eigenvalue weighted by atomic mass is 10.1. The summed E-state index contributed by atoms with van der Waals surface area (Å²) in [6.45, 7) is 3.38. The van der Waals surface area contributed by atoms with Crippen LogP contribution in [0.5, 0.6) is 5.75 Å². The zero-order valence-corrected chi connectivity index (χ0v) is 12.3. The Kier molecular flexibility index (Phi) is 3.41.